The van der Waals surface area contributed by atoms with E-state index in [9.17, 15) is 0 Å². The van der Waals surface area contributed by atoms with Crippen molar-refractivity contribution in [3.05, 3.63) is 29.3 Å². The number of rotatable bonds is 5. The molecule has 0 saturated heterocycles. The number of nitrogens with two attached hydrogens (primary N) is 2. The molecule has 21 heavy (non-hydrogen) atoms. The van der Waals surface area contributed by atoms with Crippen molar-refractivity contribution in [3.63, 3.8) is 0 Å². The van der Waals surface area contributed by atoms with Crippen LogP contribution in [0.25, 0.3) is 11.4 Å². The van der Waals surface area contributed by atoms with Gasteiger partial charge in [0.1, 0.15) is 5.69 Å². The normalized spacial score (nSPS) is 10.1. The van der Waals surface area contributed by atoms with E-state index in [1.807, 2.05) is 23.6 Å². The zero-order chi connectivity index (χ0) is 15.2. The van der Waals surface area contributed by atoms with Crippen LogP contribution in [0, 0.1) is 5.41 Å². The minimum Gasteiger partial charge on any atom is -0.484 e. The lowest BCUT2D eigenvalue weighted by Gasteiger charge is -2.03. The van der Waals surface area contributed by atoms with Gasteiger partial charge in [-0.2, -0.15) is 4.99 Å². The van der Waals surface area contributed by atoms with Crippen molar-refractivity contribution in [3.8, 4) is 11.4 Å². The Morgan fingerprint density at radius 2 is 2.14 bits per heavy atom. The maximum atomic E-state index is 7.47. The standard InChI is InChI=1S/C13H16N6OS/c1-20-11(14)6-5-8-3-2-4-9(17-8)10-7-21-13(18-10)19-12(15)16/h2-4,7,14H,5-6H2,1H3,(H4,15,16,18,19). The molecule has 0 atom stereocenters. The Kier molecular flexibility index (Phi) is 4.83. The number of methoxy groups -OCH3 is 1. The molecular formula is C13H16N6OS. The summed E-state index contributed by atoms with van der Waals surface area (Å²) in [5.41, 5.74) is 13.0. The van der Waals surface area contributed by atoms with Crippen molar-refractivity contribution in [2.24, 2.45) is 16.5 Å². The summed E-state index contributed by atoms with van der Waals surface area (Å²) in [6.07, 6.45) is 1.16. The van der Waals surface area contributed by atoms with E-state index in [-0.39, 0.29) is 11.9 Å². The van der Waals surface area contributed by atoms with Crippen LogP contribution in [0.3, 0.4) is 0 Å². The van der Waals surface area contributed by atoms with Crippen LogP contribution in [0.5, 0.6) is 0 Å². The topological polar surface area (TPSA) is 123 Å². The molecule has 0 fully saturated rings. The summed E-state index contributed by atoms with van der Waals surface area (Å²) in [6, 6.07) is 5.70. The number of pyridine rings is 1. The Labute approximate surface area is 126 Å². The van der Waals surface area contributed by atoms with E-state index in [2.05, 4.69) is 15.0 Å². The van der Waals surface area contributed by atoms with E-state index in [1.54, 1.807) is 0 Å². The molecular weight excluding hydrogens is 288 g/mol. The van der Waals surface area contributed by atoms with Crippen molar-refractivity contribution >= 4 is 28.3 Å². The first-order valence-electron chi connectivity index (χ1n) is 6.21. The van der Waals surface area contributed by atoms with Gasteiger partial charge in [0.2, 0.25) is 5.13 Å². The fourth-order valence-electron chi connectivity index (χ4n) is 1.65. The van der Waals surface area contributed by atoms with E-state index in [1.165, 1.54) is 18.4 Å². The lowest BCUT2D eigenvalue weighted by Crippen LogP contribution is -2.21. The molecule has 0 aliphatic rings. The second-order valence-corrected chi connectivity index (χ2v) is 5.03. The summed E-state index contributed by atoms with van der Waals surface area (Å²) in [5.74, 6) is 0.224. The molecule has 0 bridgehead atoms. The number of thiazole rings is 1. The van der Waals surface area contributed by atoms with Crippen LogP contribution in [0.2, 0.25) is 0 Å². The van der Waals surface area contributed by atoms with Gasteiger partial charge in [0.05, 0.1) is 12.8 Å². The lowest BCUT2D eigenvalue weighted by molar-refractivity contribution is 0.386. The number of hydrogen-bond donors (Lipinski definition) is 3. The van der Waals surface area contributed by atoms with E-state index in [0.717, 1.165) is 17.1 Å². The first kappa shape index (κ1) is 14.9. The average molecular weight is 304 g/mol. The highest BCUT2D eigenvalue weighted by molar-refractivity contribution is 7.13. The molecule has 0 saturated carbocycles. The number of nitrogens with zero attached hydrogens (tertiary/aromatic N) is 3. The Morgan fingerprint density at radius 3 is 2.86 bits per heavy atom. The summed E-state index contributed by atoms with van der Waals surface area (Å²) in [5, 5.41) is 9.82. The Hall–Kier alpha value is -2.48. The van der Waals surface area contributed by atoms with Gasteiger partial charge in [-0.05, 0) is 18.6 Å². The van der Waals surface area contributed by atoms with Gasteiger partial charge in [-0.1, -0.05) is 6.07 Å². The third-order valence-corrected chi connectivity index (χ3v) is 3.38. The fourth-order valence-corrected chi connectivity index (χ4v) is 2.35. The van der Waals surface area contributed by atoms with Gasteiger partial charge in [-0.15, -0.1) is 11.3 Å². The van der Waals surface area contributed by atoms with E-state index < -0.39 is 0 Å². The highest BCUT2D eigenvalue weighted by Gasteiger charge is 2.07. The van der Waals surface area contributed by atoms with Crippen LogP contribution in [0.1, 0.15) is 12.1 Å². The molecule has 2 heterocycles. The van der Waals surface area contributed by atoms with Crippen molar-refractivity contribution < 1.29 is 4.74 Å². The quantitative estimate of drug-likeness (QED) is 0.572. The maximum Gasteiger partial charge on any atom is 0.212 e. The number of aromatic nitrogens is 2. The first-order chi connectivity index (χ1) is 10.1. The average Bonchev–Trinajstić information content (AvgIpc) is 2.92. The number of aryl methyl sites for hydroxylation is 1. The van der Waals surface area contributed by atoms with Gasteiger partial charge in [-0.3, -0.25) is 10.4 Å². The molecule has 2 aromatic heterocycles. The lowest BCUT2D eigenvalue weighted by atomic mass is 10.2. The van der Waals surface area contributed by atoms with Crippen molar-refractivity contribution in [2.45, 2.75) is 12.8 Å². The smallest absolute Gasteiger partial charge is 0.212 e. The van der Waals surface area contributed by atoms with Gasteiger partial charge in [-0.25, -0.2) is 4.98 Å². The highest BCUT2D eigenvalue weighted by Crippen LogP contribution is 2.25. The molecule has 8 heteroatoms. The Morgan fingerprint density at radius 1 is 1.33 bits per heavy atom. The van der Waals surface area contributed by atoms with E-state index in [0.29, 0.717) is 18.0 Å². The number of guanidine groups is 1. The summed E-state index contributed by atoms with van der Waals surface area (Å²) < 4.78 is 4.83. The SMILES string of the molecule is COC(=N)CCc1cccc(-c2csc(N=C(N)N)n2)n1. The van der Waals surface area contributed by atoms with Gasteiger partial charge in [0.15, 0.2) is 11.9 Å². The Balaban J connectivity index is 2.15. The van der Waals surface area contributed by atoms with Gasteiger partial charge in [0, 0.05) is 17.5 Å². The summed E-state index contributed by atoms with van der Waals surface area (Å²) in [6.45, 7) is 0. The molecule has 2 rings (SSSR count). The highest BCUT2D eigenvalue weighted by atomic mass is 32.1. The van der Waals surface area contributed by atoms with Crippen LogP contribution in [-0.4, -0.2) is 28.9 Å². The number of aliphatic imine (C=N–C) groups is 1. The van der Waals surface area contributed by atoms with Crippen LogP contribution in [0.15, 0.2) is 28.6 Å². The van der Waals surface area contributed by atoms with Crippen molar-refractivity contribution in [2.75, 3.05) is 7.11 Å². The number of ether oxygens (including phenoxy) is 1. The molecule has 0 aliphatic heterocycles. The van der Waals surface area contributed by atoms with Crippen LogP contribution < -0.4 is 11.5 Å². The van der Waals surface area contributed by atoms with Gasteiger partial charge < -0.3 is 16.2 Å². The van der Waals surface area contributed by atoms with Crippen molar-refractivity contribution in [1.29, 1.82) is 5.41 Å². The zero-order valence-electron chi connectivity index (χ0n) is 11.5. The molecule has 0 spiro atoms. The van der Waals surface area contributed by atoms with Crippen molar-refractivity contribution in [1.82, 2.24) is 9.97 Å². The predicted molar refractivity (Wildman–Crippen MR) is 83.9 cm³/mol. The number of hydrogen-bond acceptors (Lipinski definition) is 6. The Bertz CT molecular complexity index is 662. The summed E-state index contributed by atoms with van der Waals surface area (Å²) in [4.78, 5) is 12.7. The van der Waals surface area contributed by atoms with Crippen LogP contribution in [-0.2, 0) is 11.2 Å². The second kappa shape index (κ2) is 6.80. The molecule has 0 aliphatic carbocycles. The molecule has 0 aromatic carbocycles. The van der Waals surface area contributed by atoms with Crippen LogP contribution >= 0.6 is 11.3 Å². The monoisotopic (exact) mass is 304 g/mol. The molecule has 110 valence electrons. The predicted octanol–water partition coefficient (Wildman–Crippen LogP) is 1.67. The minimum absolute atomic E-state index is 0.0179. The molecule has 0 amide bonds. The largest absolute Gasteiger partial charge is 0.484 e. The third kappa shape index (κ3) is 4.25. The first-order valence-corrected chi connectivity index (χ1v) is 7.09. The van der Waals surface area contributed by atoms with E-state index >= 15 is 0 Å². The molecule has 5 N–H and O–H groups in total. The molecule has 0 radical (unpaired) electrons. The second-order valence-electron chi connectivity index (χ2n) is 4.19. The van der Waals surface area contributed by atoms with Gasteiger partial charge in [0.25, 0.3) is 0 Å². The summed E-state index contributed by atoms with van der Waals surface area (Å²) in [7, 11) is 1.49. The number of nitrogens with one attached hydrogen (secondary N) is 1. The minimum atomic E-state index is -0.0179. The van der Waals surface area contributed by atoms with Crippen LogP contribution in [0.4, 0.5) is 5.13 Å². The zero-order valence-corrected chi connectivity index (χ0v) is 12.4. The maximum absolute atomic E-state index is 7.47. The molecule has 2 aromatic rings. The molecule has 0 unspecified atom stereocenters. The van der Waals surface area contributed by atoms with E-state index in [4.69, 9.17) is 21.6 Å². The van der Waals surface area contributed by atoms with Gasteiger partial charge >= 0.3 is 0 Å². The fraction of sp³-hybridized carbons (Fsp3) is 0.231. The third-order valence-electron chi connectivity index (χ3n) is 2.64. The summed E-state index contributed by atoms with van der Waals surface area (Å²) >= 11 is 1.35. The molecule has 7 nitrogen and oxygen atoms in total.